The molecule has 1 aliphatic rings. The van der Waals surface area contributed by atoms with Gasteiger partial charge in [-0.15, -0.1) is 0 Å². The molecule has 2 unspecified atom stereocenters. The van der Waals surface area contributed by atoms with Crippen LogP contribution in [-0.2, 0) is 0 Å². The maximum Gasteiger partial charge on any atom is 0.0121 e. The smallest absolute Gasteiger partial charge is 0.0121 e. The summed E-state index contributed by atoms with van der Waals surface area (Å²) in [5, 5.41) is 3.23. The van der Waals surface area contributed by atoms with Gasteiger partial charge in [-0.05, 0) is 58.7 Å². The van der Waals surface area contributed by atoms with Crippen LogP contribution in [0.3, 0.4) is 0 Å². The van der Waals surface area contributed by atoms with Gasteiger partial charge in [0.2, 0.25) is 0 Å². The van der Waals surface area contributed by atoms with E-state index in [0.29, 0.717) is 0 Å². The Morgan fingerprint density at radius 3 is 2.67 bits per heavy atom. The lowest BCUT2D eigenvalue weighted by atomic mass is 10.00. The molecule has 1 fully saturated rings. The summed E-state index contributed by atoms with van der Waals surface area (Å²) in [4.78, 5) is 2.74. The molecule has 0 aromatic heterocycles. The quantitative estimate of drug-likeness (QED) is 0.681. The van der Waals surface area contributed by atoms with E-state index in [2.05, 4.69) is 31.0 Å². The molecule has 1 N–H and O–H groups in total. The van der Waals surface area contributed by atoms with Crippen molar-refractivity contribution < 1.29 is 0 Å². The maximum atomic E-state index is 3.23. The molecule has 2 nitrogen and oxygen atoms in total. The molecular formula is C13H28N2. The highest BCUT2D eigenvalue weighted by Gasteiger charge is 2.29. The minimum Gasteiger partial charge on any atom is -0.320 e. The van der Waals surface area contributed by atoms with Crippen molar-refractivity contribution in [1.82, 2.24) is 10.2 Å². The molecular weight excluding hydrogens is 184 g/mol. The van der Waals surface area contributed by atoms with Crippen molar-refractivity contribution in [3.63, 3.8) is 0 Å². The molecule has 1 saturated heterocycles. The van der Waals surface area contributed by atoms with Crippen LogP contribution in [0.15, 0.2) is 0 Å². The average Bonchev–Trinajstić information content (AvgIpc) is 2.66. The summed E-state index contributed by atoms with van der Waals surface area (Å²) in [6, 6.07) is 1.61. The first-order chi connectivity index (χ1) is 7.16. The number of likely N-dealkylation sites (tertiary alicyclic amines) is 1. The average molecular weight is 212 g/mol. The lowest BCUT2D eigenvalue weighted by Gasteiger charge is -2.33. The van der Waals surface area contributed by atoms with Crippen molar-refractivity contribution in [2.24, 2.45) is 5.92 Å². The summed E-state index contributed by atoms with van der Waals surface area (Å²) >= 11 is 0. The summed E-state index contributed by atoms with van der Waals surface area (Å²) in [5.41, 5.74) is 0. The highest BCUT2D eigenvalue weighted by atomic mass is 15.2. The van der Waals surface area contributed by atoms with Gasteiger partial charge in [0, 0.05) is 12.1 Å². The first kappa shape index (κ1) is 13.0. The Labute approximate surface area is 95.4 Å². The zero-order valence-electron chi connectivity index (χ0n) is 10.9. The van der Waals surface area contributed by atoms with Crippen molar-refractivity contribution in [1.29, 1.82) is 0 Å². The fourth-order valence-electron chi connectivity index (χ4n) is 2.82. The van der Waals surface area contributed by atoms with Crippen molar-refractivity contribution >= 4 is 0 Å². The van der Waals surface area contributed by atoms with Gasteiger partial charge < -0.3 is 5.32 Å². The van der Waals surface area contributed by atoms with Crippen molar-refractivity contribution in [3.05, 3.63) is 0 Å². The minimum atomic E-state index is 0.772. The number of nitrogens with one attached hydrogen (secondary N) is 1. The Morgan fingerprint density at radius 1 is 1.33 bits per heavy atom. The molecule has 0 saturated carbocycles. The van der Waals surface area contributed by atoms with Gasteiger partial charge in [-0.25, -0.2) is 0 Å². The molecule has 90 valence electrons. The Kier molecular flexibility index (Phi) is 5.62. The first-order valence-electron chi connectivity index (χ1n) is 6.57. The molecule has 0 radical (unpaired) electrons. The Bertz CT molecular complexity index is 168. The van der Waals surface area contributed by atoms with Crippen molar-refractivity contribution in [2.45, 2.75) is 58.5 Å². The van der Waals surface area contributed by atoms with Gasteiger partial charge in [0.1, 0.15) is 0 Å². The number of hydrogen-bond acceptors (Lipinski definition) is 2. The van der Waals surface area contributed by atoms with Crippen LogP contribution in [0.1, 0.15) is 46.5 Å². The van der Waals surface area contributed by atoms with E-state index in [0.717, 1.165) is 24.5 Å². The zero-order chi connectivity index (χ0) is 11.3. The third-order valence-electron chi connectivity index (χ3n) is 3.73. The first-order valence-corrected chi connectivity index (χ1v) is 6.57. The molecule has 0 bridgehead atoms. The molecule has 1 heterocycles. The van der Waals surface area contributed by atoms with Gasteiger partial charge in [0.15, 0.2) is 0 Å². The second kappa shape index (κ2) is 6.49. The lowest BCUT2D eigenvalue weighted by molar-refractivity contribution is 0.147. The highest BCUT2D eigenvalue weighted by molar-refractivity contribution is 4.84. The van der Waals surface area contributed by atoms with Crippen LogP contribution in [0.2, 0.25) is 0 Å². The second-order valence-electron chi connectivity index (χ2n) is 5.29. The predicted molar refractivity (Wildman–Crippen MR) is 67.2 cm³/mol. The van der Waals surface area contributed by atoms with E-state index in [1.54, 1.807) is 0 Å². The number of rotatable bonds is 6. The van der Waals surface area contributed by atoms with E-state index in [1.807, 2.05) is 7.05 Å². The minimum absolute atomic E-state index is 0.772. The van der Waals surface area contributed by atoms with Crippen LogP contribution in [0.4, 0.5) is 0 Å². The van der Waals surface area contributed by atoms with Crippen LogP contribution >= 0.6 is 0 Å². The predicted octanol–water partition coefficient (Wildman–Crippen LogP) is 2.49. The van der Waals surface area contributed by atoms with Gasteiger partial charge in [0.25, 0.3) is 0 Å². The van der Waals surface area contributed by atoms with Crippen molar-refractivity contribution in [3.8, 4) is 0 Å². The van der Waals surface area contributed by atoms with E-state index in [9.17, 15) is 0 Å². The van der Waals surface area contributed by atoms with Gasteiger partial charge in [-0.2, -0.15) is 0 Å². The molecule has 2 atom stereocenters. The summed E-state index contributed by atoms with van der Waals surface area (Å²) in [6.07, 6.45) is 5.45. The third kappa shape index (κ3) is 3.76. The van der Waals surface area contributed by atoms with Gasteiger partial charge in [0.05, 0.1) is 0 Å². The molecule has 2 heteroatoms. The van der Waals surface area contributed by atoms with Gasteiger partial charge in [-0.1, -0.05) is 13.8 Å². The standard InChI is InChI=1S/C13H28N2/c1-11(2)13-8-6-10-15(13)12(3)7-5-9-14-4/h11-14H,5-10H2,1-4H3. The molecule has 1 rings (SSSR count). The molecule has 0 spiro atoms. The van der Waals surface area contributed by atoms with E-state index in [-0.39, 0.29) is 0 Å². The van der Waals surface area contributed by atoms with E-state index >= 15 is 0 Å². The normalized spacial score (nSPS) is 25.0. The summed E-state index contributed by atoms with van der Waals surface area (Å²) in [5.74, 6) is 0.819. The topological polar surface area (TPSA) is 15.3 Å². The molecule has 0 aromatic rings. The van der Waals surface area contributed by atoms with Crippen LogP contribution in [-0.4, -0.2) is 37.1 Å². The number of hydrogen-bond donors (Lipinski definition) is 1. The molecule has 0 aliphatic carbocycles. The Morgan fingerprint density at radius 2 is 2.07 bits per heavy atom. The maximum absolute atomic E-state index is 3.23. The van der Waals surface area contributed by atoms with E-state index in [4.69, 9.17) is 0 Å². The molecule has 0 amide bonds. The summed E-state index contributed by atoms with van der Waals surface area (Å²) < 4.78 is 0. The van der Waals surface area contributed by atoms with Crippen LogP contribution < -0.4 is 5.32 Å². The Hall–Kier alpha value is -0.0800. The van der Waals surface area contributed by atoms with E-state index < -0.39 is 0 Å². The monoisotopic (exact) mass is 212 g/mol. The Balaban J connectivity index is 2.33. The second-order valence-corrected chi connectivity index (χ2v) is 5.29. The third-order valence-corrected chi connectivity index (χ3v) is 3.73. The van der Waals surface area contributed by atoms with Gasteiger partial charge in [-0.3, -0.25) is 4.90 Å². The van der Waals surface area contributed by atoms with Crippen LogP contribution in [0.5, 0.6) is 0 Å². The highest BCUT2D eigenvalue weighted by Crippen LogP contribution is 2.26. The largest absolute Gasteiger partial charge is 0.320 e. The zero-order valence-corrected chi connectivity index (χ0v) is 10.9. The fraction of sp³-hybridized carbons (Fsp3) is 1.00. The molecule has 15 heavy (non-hydrogen) atoms. The van der Waals surface area contributed by atoms with E-state index in [1.165, 1.54) is 32.2 Å². The molecule has 1 aliphatic heterocycles. The van der Waals surface area contributed by atoms with Crippen LogP contribution in [0.25, 0.3) is 0 Å². The summed E-state index contributed by atoms with van der Waals surface area (Å²) in [7, 11) is 2.04. The lowest BCUT2D eigenvalue weighted by Crippen LogP contribution is -2.40. The van der Waals surface area contributed by atoms with Crippen LogP contribution in [0, 0.1) is 5.92 Å². The summed E-state index contributed by atoms with van der Waals surface area (Å²) in [6.45, 7) is 9.61. The van der Waals surface area contributed by atoms with Gasteiger partial charge >= 0.3 is 0 Å². The van der Waals surface area contributed by atoms with Crippen molar-refractivity contribution in [2.75, 3.05) is 20.1 Å². The fourth-order valence-corrected chi connectivity index (χ4v) is 2.82. The molecule has 0 aromatic carbocycles. The SMILES string of the molecule is CNCCCC(C)N1CCCC1C(C)C. The number of nitrogens with zero attached hydrogens (tertiary/aromatic N) is 1.